The molecule has 2 amide bonds. The van der Waals surface area contributed by atoms with Crippen LogP contribution < -0.4 is 4.74 Å². The fourth-order valence-electron chi connectivity index (χ4n) is 4.60. The second kappa shape index (κ2) is 9.28. The molecule has 2 aromatic heterocycles. The molecule has 0 atom stereocenters. The molecule has 1 aliphatic rings. The van der Waals surface area contributed by atoms with Crippen molar-refractivity contribution in [2.75, 3.05) is 0 Å². The third-order valence-electron chi connectivity index (χ3n) is 6.43. The number of carbonyl (C=O) groups is 2. The third kappa shape index (κ3) is 4.21. The van der Waals surface area contributed by atoms with Crippen LogP contribution in [0.3, 0.4) is 0 Å². The fraction of sp³-hybridized carbons (Fsp3) is 0.0667. The number of hydrogen-bond donors (Lipinski definition) is 0. The first-order chi connectivity index (χ1) is 18.1. The number of rotatable bonds is 6. The van der Waals surface area contributed by atoms with Gasteiger partial charge >= 0.3 is 0 Å². The summed E-state index contributed by atoms with van der Waals surface area (Å²) in [7, 11) is 0. The van der Waals surface area contributed by atoms with Crippen molar-refractivity contribution in [1.29, 1.82) is 0 Å². The highest BCUT2D eigenvalue weighted by Crippen LogP contribution is 2.40. The molecule has 0 spiro atoms. The van der Waals surface area contributed by atoms with Gasteiger partial charge in [0.2, 0.25) is 0 Å². The van der Waals surface area contributed by atoms with Gasteiger partial charge < -0.3 is 4.74 Å². The summed E-state index contributed by atoms with van der Waals surface area (Å²) in [4.78, 5) is 36.4. The number of pyridine rings is 2. The predicted molar refractivity (Wildman–Crippen MR) is 136 cm³/mol. The van der Waals surface area contributed by atoms with Crippen LogP contribution in [0, 0.1) is 5.82 Å². The predicted octanol–water partition coefficient (Wildman–Crippen LogP) is 5.81. The van der Waals surface area contributed by atoms with Crippen LogP contribution in [0.4, 0.5) is 4.39 Å². The molecule has 5 aromatic rings. The summed E-state index contributed by atoms with van der Waals surface area (Å²) in [5.74, 6) is -0.525. The van der Waals surface area contributed by atoms with E-state index in [0.29, 0.717) is 34.6 Å². The highest BCUT2D eigenvalue weighted by Gasteiger charge is 2.38. The molecular formula is C30H20FN3O3. The molecule has 3 aromatic carbocycles. The molecule has 0 radical (unpaired) electrons. The molecular weight excluding hydrogens is 469 g/mol. The zero-order chi connectivity index (χ0) is 25.4. The van der Waals surface area contributed by atoms with Gasteiger partial charge in [0.1, 0.15) is 18.2 Å². The number of hydrogen-bond acceptors (Lipinski definition) is 5. The van der Waals surface area contributed by atoms with Crippen molar-refractivity contribution in [3.8, 4) is 16.9 Å². The summed E-state index contributed by atoms with van der Waals surface area (Å²) < 4.78 is 19.8. The molecule has 3 heterocycles. The standard InChI is InChI=1S/C30H20FN3O3/c31-23-4-1-21(2-5-23)27-25-16-24(37-18-20-9-13-33-14-10-20)6-3-22(25)15-26-28(27)30(36)34(29(26)35)17-19-7-11-32-12-8-19/h1-16H,17-18H2. The molecule has 0 bridgehead atoms. The molecule has 0 aliphatic carbocycles. The largest absolute Gasteiger partial charge is 0.489 e. The normalized spacial score (nSPS) is 12.7. The number of ether oxygens (including phenoxy) is 1. The highest BCUT2D eigenvalue weighted by molar-refractivity contribution is 6.27. The van der Waals surface area contributed by atoms with E-state index in [9.17, 15) is 14.0 Å². The molecule has 180 valence electrons. The quantitative estimate of drug-likeness (QED) is 0.282. The minimum absolute atomic E-state index is 0.133. The number of aromatic nitrogens is 2. The maximum Gasteiger partial charge on any atom is 0.262 e. The van der Waals surface area contributed by atoms with Gasteiger partial charge in [0, 0.05) is 30.4 Å². The van der Waals surface area contributed by atoms with E-state index in [2.05, 4.69) is 9.97 Å². The Kier molecular flexibility index (Phi) is 5.65. The number of fused-ring (bicyclic) bond motifs is 2. The lowest BCUT2D eigenvalue weighted by atomic mass is 9.90. The van der Waals surface area contributed by atoms with Crippen LogP contribution in [0.1, 0.15) is 31.8 Å². The van der Waals surface area contributed by atoms with E-state index in [-0.39, 0.29) is 24.2 Å². The van der Waals surface area contributed by atoms with Gasteiger partial charge in [-0.25, -0.2) is 4.39 Å². The van der Waals surface area contributed by atoms with Crippen LogP contribution in [0.2, 0.25) is 0 Å². The molecule has 6 rings (SSSR count). The van der Waals surface area contributed by atoms with E-state index in [1.165, 1.54) is 17.0 Å². The van der Waals surface area contributed by atoms with E-state index in [1.54, 1.807) is 55.1 Å². The summed E-state index contributed by atoms with van der Waals surface area (Å²) >= 11 is 0. The van der Waals surface area contributed by atoms with Gasteiger partial charge in [-0.05, 0) is 82.1 Å². The Morgan fingerprint density at radius 2 is 1.41 bits per heavy atom. The van der Waals surface area contributed by atoms with Gasteiger partial charge in [0.25, 0.3) is 11.8 Å². The molecule has 7 heteroatoms. The van der Waals surface area contributed by atoms with E-state index >= 15 is 0 Å². The Morgan fingerprint density at radius 3 is 2.11 bits per heavy atom. The Balaban J connectivity index is 1.47. The van der Waals surface area contributed by atoms with Crippen LogP contribution in [-0.4, -0.2) is 26.7 Å². The summed E-state index contributed by atoms with van der Waals surface area (Å²) in [5.41, 5.74) is 3.62. The number of halogens is 1. The fourth-order valence-corrected chi connectivity index (χ4v) is 4.60. The van der Waals surface area contributed by atoms with Crippen molar-refractivity contribution >= 4 is 22.6 Å². The van der Waals surface area contributed by atoms with Crippen molar-refractivity contribution in [2.24, 2.45) is 0 Å². The van der Waals surface area contributed by atoms with Crippen LogP contribution in [0.15, 0.2) is 97.6 Å². The zero-order valence-electron chi connectivity index (χ0n) is 19.6. The van der Waals surface area contributed by atoms with Gasteiger partial charge in [-0.15, -0.1) is 0 Å². The molecule has 0 unspecified atom stereocenters. The number of imide groups is 1. The second-order valence-corrected chi connectivity index (χ2v) is 8.76. The SMILES string of the molecule is O=C1c2cc3ccc(OCc4ccncc4)cc3c(-c3ccc(F)cc3)c2C(=O)N1Cc1ccncc1. The first-order valence-corrected chi connectivity index (χ1v) is 11.7. The molecule has 0 saturated carbocycles. The molecule has 0 N–H and O–H groups in total. The maximum atomic E-state index is 13.8. The smallest absolute Gasteiger partial charge is 0.262 e. The van der Waals surface area contributed by atoms with Crippen molar-refractivity contribution in [3.63, 3.8) is 0 Å². The van der Waals surface area contributed by atoms with Crippen molar-refractivity contribution < 1.29 is 18.7 Å². The number of amides is 2. The van der Waals surface area contributed by atoms with Gasteiger partial charge in [-0.2, -0.15) is 0 Å². The van der Waals surface area contributed by atoms with Gasteiger partial charge in [-0.3, -0.25) is 24.5 Å². The molecule has 1 aliphatic heterocycles. The lowest BCUT2D eigenvalue weighted by Gasteiger charge is -2.15. The molecule has 6 nitrogen and oxygen atoms in total. The monoisotopic (exact) mass is 489 g/mol. The number of carbonyl (C=O) groups excluding carboxylic acids is 2. The van der Waals surface area contributed by atoms with Crippen LogP contribution in [0.25, 0.3) is 21.9 Å². The van der Waals surface area contributed by atoms with Crippen LogP contribution in [-0.2, 0) is 13.2 Å². The van der Waals surface area contributed by atoms with Crippen LogP contribution in [0.5, 0.6) is 5.75 Å². The lowest BCUT2D eigenvalue weighted by Crippen LogP contribution is -2.29. The number of nitrogens with zero attached hydrogens (tertiary/aromatic N) is 3. The van der Waals surface area contributed by atoms with Crippen LogP contribution >= 0.6 is 0 Å². The van der Waals surface area contributed by atoms with E-state index in [4.69, 9.17) is 4.74 Å². The zero-order valence-corrected chi connectivity index (χ0v) is 19.6. The maximum absolute atomic E-state index is 13.8. The summed E-state index contributed by atoms with van der Waals surface area (Å²) in [6.45, 7) is 0.482. The highest BCUT2D eigenvalue weighted by atomic mass is 19.1. The van der Waals surface area contributed by atoms with Crippen molar-refractivity contribution in [2.45, 2.75) is 13.2 Å². The second-order valence-electron chi connectivity index (χ2n) is 8.76. The number of benzene rings is 3. The van der Waals surface area contributed by atoms with E-state index < -0.39 is 0 Å². The Bertz CT molecular complexity index is 1640. The minimum Gasteiger partial charge on any atom is -0.489 e. The molecule has 37 heavy (non-hydrogen) atoms. The Hall–Kier alpha value is -4.91. The van der Waals surface area contributed by atoms with E-state index in [1.807, 2.05) is 30.3 Å². The Morgan fingerprint density at radius 1 is 0.730 bits per heavy atom. The summed E-state index contributed by atoms with van der Waals surface area (Å²) in [5, 5.41) is 1.52. The van der Waals surface area contributed by atoms with Gasteiger partial charge in [-0.1, -0.05) is 18.2 Å². The van der Waals surface area contributed by atoms with Gasteiger partial charge in [0.15, 0.2) is 0 Å². The lowest BCUT2D eigenvalue weighted by molar-refractivity contribution is 0.0642. The average Bonchev–Trinajstić information content (AvgIpc) is 3.16. The van der Waals surface area contributed by atoms with Crippen molar-refractivity contribution in [1.82, 2.24) is 14.9 Å². The minimum atomic E-state index is -0.388. The summed E-state index contributed by atoms with van der Waals surface area (Å²) in [6.07, 6.45) is 6.66. The molecule has 0 saturated heterocycles. The first kappa shape index (κ1) is 22.5. The van der Waals surface area contributed by atoms with E-state index in [0.717, 1.165) is 21.9 Å². The topological polar surface area (TPSA) is 72.4 Å². The van der Waals surface area contributed by atoms with Gasteiger partial charge in [0.05, 0.1) is 17.7 Å². The average molecular weight is 490 g/mol. The first-order valence-electron chi connectivity index (χ1n) is 11.7. The van der Waals surface area contributed by atoms with Crippen molar-refractivity contribution in [3.05, 3.63) is 126 Å². The summed E-state index contributed by atoms with van der Waals surface area (Å²) in [6, 6.07) is 20.5. The third-order valence-corrected chi connectivity index (χ3v) is 6.43. The Labute approximate surface area is 212 Å². The molecule has 0 fully saturated rings.